The van der Waals surface area contributed by atoms with Gasteiger partial charge in [-0.25, -0.2) is 4.39 Å². The highest BCUT2D eigenvalue weighted by Crippen LogP contribution is 2.19. The zero-order valence-electron chi connectivity index (χ0n) is 9.81. The smallest absolute Gasteiger partial charge is 0.175 e. The molecule has 2 rings (SSSR count). The van der Waals surface area contributed by atoms with Gasteiger partial charge in [-0.05, 0) is 36.4 Å². The van der Waals surface area contributed by atoms with Crippen molar-refractivity contribution in [3.8, 4) is 0 Å². The van der Waals surface area contributed by atoms with Gasteiger partial charge in [-0.15, -0.1) is 0 Å². The van der Waals surface area contributed by atoms with Crippen molar-refractivity contribution in [2.45, 2.75) is 4.90 Å². The fourth-order valence-electron chi connectivity index (χ4n) is 1.55. The molecule has 0 heterocycles. The highest BCUT2D eigenvalue weighted by molar-refractivity contribution is 7.86. The SMILES string of the molecule is O=C(CS(=O)c1ccccc1Cl)c1ccc(F)cc1. The summed E-state index contributed by atoms with van der Waals surface area (Å²) in [5, 5.41) is 0.368. The number of benzene rings is 2. The molecule has 2 aromatic carbocycles. The number of Topliss-reactive ketones (excluding diaryl/α,β-unsaturated/α-hetero) is 1. The zero-order chi connectivity index (χ0) is 13.8. The number of carbonyl (C=O) groups excluding carboxylic acids is 1. The number of carbonyl (C=O) groups is 1. The largest absolute Gasteiger partial charge is 0.293 e. The molecule has 0 N–H and O–H groups in total. The molecule has 0 bridgehead atoms. The Morgan fingerprint density at radius 1 is 1.11 bits per heavy atom. The average molecular weight is 297 g/mol. The van der Waals surface area contributed by atoms with E-state index in [1.165, 1.54) is 24.3 Å². The van der Waals surface area contributed by atoms with Crippen LogP contribution in [0.15, 0.2) is 53.4 Å². The van der Waals surface area contributed by atoms with E-state index >= 15 is 0 Å². The third-order valence-corrected chi connectivity index (χ3v) is 4.32. The molecule has 2 nitrogen and oxygen atoms in total. The molecule has 0 aliphatic carbocycles. The second-order valence-corrected chi connectivity index (χ2v) is 5.68. The van der Waals surface area contributed by atoms with Crippen LogP contribution >= 0.6 is 11.6 Å². The summed E-state index contributed by atoms with van der Waals surface area (Å²) in [6.45, 7) is 0. The summed E-state index contributed by atoms with van der Waals surface area (Å²) in [6, 6.07) is 11.8. The van der Waals surface area contributed by atoms with Gasteiger partial charge in [0, 0.05) is 5.56 Å². The Bertz CT molecular complexity index is 626. The van der Waals surface area contributed by atoms with Crippen LogP contribution in [-0.2, 0) is 10.8 Å². The molecule has 1 unspecified atom stereocenters. The van der Waals surface area contributed by atoms with Crippen LogP contribution < -0.4 is 0 Å². The Kier molecular flexibility index (Phi) is 4.45. The van der Waals surface area contributed by atoms with Crippen molar-refractivity contribution in [3.05, 3.63) is 64.9 Å². The van der Waals surface area contributed by atoms with Gasteiger partial charge in [0.25, 0.3) is 0 Å². The van der Waals surface area contributed by atoms with E-state index in [-0.39, 0.29) is 11.5 Å². The third-order valence-electron chi connectivity index (χ3n) is 2.51. The Morgan fingerprint density at radius 2 is 1.74 bits per heavy atom. The van der Waals surface area contributed by atoms with Crippen LogP contribution in [0.5, 0.6) is 0 Å². The summed E-state index contributed by atoms with van der Waals surface area (Å²) in [7, 11) is -1.51. The second kappa shape index (κ2) is 6.08. The van der Waals surface area contributed by atoms with Crippen molar-refractivity contribution < 1.29 is 13.4 Å². The molecule has 0 aliphatic heterocycles. The predicted molar refractivity (Wildman–Crippen MR) is 73.5 cm³/mol. The van der Waals surface area contributed by atoms with Crippen LogP contribution in [0.2, 0.25) is 5.02 Å². The lowest BCUT2D eigenvalue weighted by molar-refractivity contribution is 0.102. The lowest BCUT2D eigenvalue weighted by Gasteiger charge is -2.04. The fourth-order valence-corrected chi connectivity index (χ4v) is 3.02. The molecule has 1 atom stereocenters. The van der Waals surface area contributed by atoms with Gasteiger partial charge in [0.05, 0.1) is 26.5 Å². The average Bonchev–Trinajstić information content (AvgIpc) is 2.39. The van der Waals surface area contributed by atoms with Gasteiger partial charge in [0.2, 0.25) is 0 Å². The van der Waals surface area contributed by atoms with Crippen LogP contribution in [0.25, 0.3) is 0 Å². The summed E-state index contributed by atoms with van der Waals surface area (Å²) in [4.78, 5) is 12.3. The summed E-state index contributed by atoms with van der Waals surface area (Å²) in [6.07, 6.45) is 0. The maximum absolute atomic E-state index is 12.7. The van der Waals surface area contributed by atoms with Crippen LogP contribution in [0.4, 0.5) is 4.39 Å². The minimum Gasteiger partial charge on any atom is -0.293 e. The Balaban J connectivity index is 2.13. The van der Waals surface area contributed by atoms with E-state index in [2.05, 4.69) is 0 Å². The van der Waals surface area contributed by atoms with Gasteiger partial charge in [0.15, 0.2) is 5.78 Å². The fraction of sp³-hybridized carbons (Fsp3) is 0.0714. The first-order valence-electron chi connectivity index (χ1n) is 5.49. The molecule has 0 aliphatic rings. The molecule has 0 aromatic heterocycles. The first kappa shape index (κ1) is 13.9. The molecule has 2 aromatic rings. The molecular formula is C14H10ClFO2S. The van der Waals surface area contributed by atoms with Gasteiger partial charge in [-0.3, -0.25) is 9.00 Å². The van der Waals surface area contributed by atoms with E-state index in [9.17, 15) is 13.4 Å². The molecule has 0 fully saturated rings. The Morgan fingerprint density at radius 3 is 2.37 bits per heavy atom. The lowest BCUT2D eigenvalue weighted by Crippen LogP contribution is -2.11. The van der Waals surface area contributed by atoms with E-state index in [4.69, 9.17) is 11.6 Å². The summed E-state index contributed by atoms with van der Waals surface area (Å²) < 4.78 is 24.8. The lowest BCUT2D eigenvalue weighted by atomic mass is 10.1. The van der Waals surface area contributed by atoms with E-state index < -0.39 is 16.6 Å². The maximum atomic E-state index is 12.7. The quantitative estimate of drug-likeness (QED) is 0.810. The number of ketones is 1. The number of halogens is 2. The van der Waals surface area contributed by atoms with Crippen molar-refractivity contribution in [1.82, 2.24) is 0 Å². The normalized spacial score (nSPS) is 12.1. The van der Waals surface area contributed by atoms with Crippen LogP contribution in [0.1, 0.15) is 10.4 Å². The molecule has 98 valence electrons. The summed E-state index contributed by atoms with van der Waals surface area (Å²) in [5.74, 6) is -0.892. The van der Waals surface area contributed by atoms with Gasteiger partial charge >= 0.3 is 0 Å². The van der Waals surface area contributed by atoms with E-state index in [0.717, 1.165) is 0 Å². The first-order valence-corrected chi connectivity index (χ1v) is 7.19. The minimum absolute atomic E-state index is 0.171. The molecule has 5 heteroatoms. The second-order valence-electron chi connectivity index (χ2n) is 3.85. The van der Waals surface area contributed by atoms with Crippen molar-refractivity contribution in [2.75, 3.05) is 5.75 Å². The molecule has 0 saturated heterocycles. The summed E-state index contributed by atoms with van der Waals surface area (Å²) in [5.41, 5.74) is 0.335. The number of hydrogen-bond acceptors (Lipinski definition) is 2. The predicted octanol–water partition coefficient (Wildman–Crippen LogP) is 3.47. The number of hydrogen-bond donors (Lipinski definition) is 0. The summed E-state index contributed by atoms with van der Waals surface area (Å²) >= 11 is 5.92. The minimum atomic E-state index is -1.51. The van der Waals surface area contributed by atoms with Crippen LogP contribution in [0, 0.1) is 5.82 Å². The number of rotatable bonds is 4. The highest BCUT2D eigenvalue weighted by Gasteiger charge is 2.14. The third kappa shape index (κ3) is 3.49. The topological polar surface area (TPSA) is 34.1 Å². The highest BCUT2D eigenvalue weighted by atomic mass is 35.5. The molecule has 0 radical (unpaired) electrons. The first-order chi connectivity index (χ1) is 9.08. The molecule has 19 heavy (non-hydrogen) atoms. The van der Waals surface area contributed by atoms with Crippen molar-refractivity contribution >= 4 is 28.2 Å². The van der Waals surface area contributed by atoms with Gasteiger partial charge in [-0.1, -0.05) is 23.7 Å². The monoisotopic (exact) mass is 296 g/mol. The van der Waals surface area contributed by atoms with Crippen molar-refractivity contribution in [3.63, 3.8) is 0 Å². The molecular weight excluding hydrogens is 287 g/mol. The Labute approximate surface area is 117 Å². The molecule has 0 amide bonds. The van der Waals surface area contributed by atoms with E-state index in [0.29, 0.717) is 15.5 Å². The molecule has 0 spiro atoms. The van der Waals surface area contributed by atoms with Gasteiger partial charge in [0.1, 0.15) is 5.82 Å². The standard InChI is InChI=1S/C14H10ClFO2S/c15-12-3-1-2-4-14(12)19(18)9-13(17)10-5-7-11(16)8-6-10/h1-8H,9H2. The van der Waals surface area contributed by atoms with Crippen molar-refractivity contribution in [1.29, 1.82) is 0 Å². The molecule has 0 saturated carbocycles. The maximum Gasteiger partial charge on any atom is 0.175 e. The van der Waals surface area contributed by atoms with Crippen molar-refractivity contribution in [2.24, 2.45) is 0 Å². The van der Waals surface area contributed by atoms with E-state index in [1.54, 1.807) is 24.3 Å². The Hall–Kier alpha value is -1.52. The van der Waals surface area contributed by atoms with Gasteiger partial charge < -0.3 is 0 Å². The zero-order valence-corrected chi connectivity index (χ0v) is 11.4. The van der Waals surface area contributed by atoms with Gasteiger partial charge in [-0.2, -0.15) is 0 Å². The van der Waals surface area contributed by atoms with Crippen LogP contribution in [-0.4, -0.2) is 15.7 Å². The van der Waals surface area contributed by atoms with E-state index in [1.807, 2.05) is 0 Å². The van der Waals surface area contributed by atoms with Crippen LogP contribution in [0.3, 0.4) is 0 Å².